The highest BCUT2D eigenvalue weighted by atomic mass is 32.1. The van der Waals surface area contributed by atoms with Crippen molar-refractivity contribution < 1.29 is 14.6 Å². The summed E-state index contributed by atoms with van der Waals surface area (Å²) in [5.41, 5.74) is -0.0298. The Morgan fingerprint density at radius 1 is 1.40 bits per heavy atom. The van der Waals surface area contributed by atoms with Crippen LogP contribution in [0.3, 0.4) is 0 Å². The molecule has 0 saturated carbocycles. The number of carboxylic acid groups (broad SMARTS) is 1. The third kappa shape index (κ3) is 5.09. The van der Waals surface area contributed by atoms with E-state index in [-0.39, 0.29) is 16.8 Å². The number of nitrogens with one attached hydrogen (secondary N) is 1. The number of aliphatic carboxylic acids is 1. The van der Waals surface area contributed by atoms with Crippen LogP contribution in [-0.4, -0.2) is 46.8 Å². The lowest BCUT2D eigenvalue weighted by Crippen LogP contribution is -2.32. The molecule has 158 valence electrons. The maximum Gasteiger partial charge on any atom is 0.349 e. The fourth-order valence-electron chi connectivity index (χ4n) is 3.30. The van der Waals surface area contributed by atoms with Gasteiger partial charge in [-0.15, -0.1) is 11.3 Å². The van der Waals surface area contributed by atoms with Gasteiger partial charge in [0.05, 0.1) is 0 Å². The van der Waals surface area contributed by atoms with Crippen LogP contribution in [-0.2, 0) is 11.3 Å². The molecule has 1 saturated heterocycles. The summed E-state index contributed by atoms with van der Waals surface area (Å²) in [6.07, 6.45) is 4.03. The summed E-state index contributed by atoms with van der Waals surface area (Å²) in [6.45, 7) is 5.78. The van der Waals surface area contributed by atoms with Crippen molar-refractivity contribution >= 4 is 34.8 Å². The van der Waals surface area contributed by atoms with Crippen molar-refractivity contribution in [2.75, 3.05) is 31.6 Å². The number of hydrogen-bond donors (Lipinski definition) is 2. The Labute approximate surface area is 177 Å². The zero-order chi connectivity index (χ0) is 21.5. The predicted octanol–water partition coefficient (Wildman–Crippen LogP) is 1.01. The van der Waals surface area contributed by atoms with Crippen molar-refractivity contribution in [2.45, 2.75) is 26.3 Å². The number of hydrogen-bond acceptors (Lipinski definition) is 7. The van der Waals surface area contributed by atoms with E-state index < -0.39 is 11.5 Å². The second kappa shape index (κ2) is 10.1. The first kappa shape index (κ1) is 21.6. The second-order valence-corrected chi connectivity index (χ2v) is 7.86. The van der Waals surface area contributed by atoms with Crippen LogP contribution in [0.5, 0.6) is 5.75 Å². The number of benzene rings is 1. The Kier molecular flexibility index (Phi) is 7.27. The van der Waals surface area contributed by atoms with Gasteiger partial charge in [-0.2, -0.15) is 5.26 Å². The molecule has 9 heteroatoms. The first-order chi connectivity index (χ1) is 14.5. The van der Waals surface area contributed by atoms with Crippen LogP contribution >= 0.6 is 11.3 Å². The molecule has 0 aliphatic carbocycles. The Morgan fingerprint density at radius 2 is 2.17 bits per heavy atom. The van der Waals surface area contributed by atoms with E-state index in [4.69, 9.17) is 10.00 Å². The minimum absolute atomic E-state index is 0.143. The Hall–Kier alpha value is -3.09. The van der Waals surface area contributed by atoms with Crippen LogP contribution in [0.15, 0.2) is 29.1 Å². The van der Waals surface area contributed by atoms with Crippen molar-refractivity contribution in [3.63, 3.8) is 0 Å². The molecule has 0 amide bonds. The Bertz CT molecular complexity index is 1120. The average molecular weight is 429 g/mol. The highest BCUT2D eigenvalue weighted by Gasteiger charge is 2.14. The van der Waals surface area contributed by atoms with E-state index in [1.807, 2.05) is 24.3 Å². The van der Waals surface area contributed by atoms with E-state index in [2.05, 4.69) is 10.2 Å². The Balaban J connectivity index is 1.77. The van der Waals surface area contributed by atoms with Gasteiger partial charge in [-0.3, -0.25) is 14.3 Å². The van der Waals surface area contributed by atoms with Crippen molar-refractivity contribution in [2.24, 2.45) is 0 Å². The van der Waals surface area contributed by atoms with Gasteiger partial charge in [-0.1, -0.05) is 6.07 Å². The number of carbonyl (C=O) groups is 1. The van der Waals surface area contributed by atoms with E-state index in [0.717, 1.165) is 42.4 Å². The minimum atomic E-state index is -1.35. The van der Waals surface area contributed by atoms with E-state index in [0.29, 0.717) is 11.1 Å². The Morgan fingerprint density at radius 3 is 2.83 bits per heavy atom. The molecular weight excluding hydrogens is 404 g/mol. The first-order valence-corrected chi connectivity index (χ1v) is 10.6. The summed E-state index contributed by atoms with van der Waals surface area (Å²) in [5.74, 6) is -0.615. The number of nitriles is 1. The average Bonchev–Trinajstić information content (AvgIpc) is 3.35. The van der Waals surface area contributed by atoms with Crippen LogP contribution < -0.4 is 24.8 Å². The number of carboxylic acids is 1. The molecule has 30 heavy (non-hydrogen) atoms. The lowest BCUT2D eigenvalue weighted by atomic mass is 10.3. The smallest absolute Gasteiger partial charge is 0.349 e. The number of rotatable bonds is 8. The highest BCUT2D eigenvalue weighted by molar-refractivity contribution is 7.07. The summed E-state index contributed by atoms with van der Waals surface area (Å²) in [7, 11) is 0. The lowest BCUT2D eigenvalue weighted by Gasteiger charge is -2.15. The molecule has 8 nitrogen and oxygen atoms in total. The predicted molar refractivity (Wildman–Crippen MR) is 116 cm³/mol. The van der Waals surface area contributed by atoms with Crippen LogP contribution in [0.25, 0.3) is 11.8 Å². The van der Waals surface area contributed by atoms with Crippen LogP contribution in [0.4, 0.5) is 5.69 Å². The molecule has 0 radical (unpaired) electrons. The molecule has 3 rings (SSSR count). The van der Waals surface area contributed by atoms with Gasteiger partial charge in [0.15, 0.2) is 5.57 Å². The first-order valence-electron chi connectivity index (χ1n) is 9.82. The molecule has 0 spiro atoms. The molecule has 1 aromatic carbocycles. The largest absolute Gasteiger partial charge is 0.492 e. The second-order valence-electron chi connectivity index (χ2n) is 6.83. The van der Waals surface area contributed by atoms with Gasteiger partial charge in [-0.05, 0) is 45.0 Å². The highest BCUT2D eigenvalue weighted by Crippen LogP contribution is 2.17. The summed E-state index contributed by atoms with van der Waals surface area (Å²) in [4.78, 5) is 26.3. The lowest BCUT2D eigenvalue weighted by molar-refractivity contribution is -0.130. The third-order valence-electron chi connectivity index (χ3n) is 4.84. The van der Waals surface area contributed by atoms with E-state index >= 15 is 0 Å². The fourth-order valence-corrected chi connectivity index (χ4v) is 4.38. The van der Waals surface area contributed by atoms with E-state index in [9.17, 15) is 14.7 Å². The molecule has 1 aromatic heterocycles. The molecule has 2 aromatic rings. The molecule has 0 unspecified atom stereocenters. The number of likely N-dealkylation sites (tertiary alicyclic amines) is 1. The standard InChI is InChI=1S/C21H24N4O4S/c1-2-25-19(26)18(30-20(25)17(13-22)21(27)28)14-23-15-6-5-7-16(12-15)29-11-10-24-8-3-4-9-24/h5-7,12,14,23H,2-4,8-11H2,1H3,(H,27,28)/b18-14+,20-17-. The quantitative estimate of drug-likeness (QED) is 0.646. The van der Waals surface area contributed by atoms with Crippen molar-refractivity contribution in [3.05, 3.63) is 43.8 Å². The number of anilines is 1. The molecule has 0 bridgehead atoms. The number of aromatic nitrogens is 1. The monoisotopic (exact) mass is 428 g/mol. The zero-order valence-corrected chi connectivity index (χ0v) is 17.6. The van der Waals surface area contributed by atoms with Gasteiger partial charge < -0.3 is 15.2 Å². The van der Waals surface area contributed by atoms with Gasteiger partial charge in [0.2, 0.25) is 0 Å². The molecular formula is C21H24N4O4S. The summed E-state index contributed by atoms with van der Waals surface area (Å²) < 4.78 is 7.59. The van der Waals surface area contributed by atoms with Crippen molar-refractivity contribution in [1.29, 1.82) is 5.26 Å². The van der Waals surface area contributed by atoms with Gasteiger partial charge in [-0.25, -0.2) is 4.79 Å². The van der Waals surface area contributed by atoms with Crippen LogP contribution in [0.1, 0.15) is 19.8 Å². The van der Waals surface area contributed by atoms with E-state index in [1.165, 1.54) is 23.6 Å². The summed E-state index contributed by atoms with van der Waals surface area (Å²) in [5, 5.41) is 21.4. The summed E-state index contributed by atoms with van der Waals surface area (Å²) >= 11 is 0.978. The van der Waals surface area contributed by atoms with E-state index in [1.54, 1.807) is 13.0 Å². The van der Waals surface area contributed by atoms with Crippen LogP contribution in [0.2, 0.25) is 0 Å². The maximum atomic E-state index is 12.6. The zero-order valence-electron chi connectivity index (χ0n) is 16.8. The van der Waals surface area contributed by atoms with Crippen molar-refractivity contribution in [1.82, 2.24) is 9.47 Å². The van der Waals surface area contributed by atoms with Gasteiger partial charge >= 0.3 is 5.97 Å². The molecule has 1 fully saturated rings. The molecule has 2 N–H and O–H groups in total. The SMILES string of the molecule is CCn1c(=O)/c(=C\Nc2cccc(OCCN3CCCC3)c2)s/c1=C(/C#N)C(=O)O. The molecule has 1 aliphatic heterocycles. The number of thiazole rings is 1. The molecule has 2 heterocycles. The fraction of sp³-hybridized carbons (Fsp3) is 0.381. The minimum Gasteiger partial charge on any atom is -0.492 e. The summed E-state index contributed by atoms with van der Waals surface area (Å²) in [6, 6.07) is 9.10. The van der Waals surface area contributed by atoms with Crippen molar-refractivity contribution in [3.8, 4) is 11.8 Å². The van der Waals surface area contributed by atoms with Crippen LogP contribution in [0, 0.1) is 11.3 Å². The van der Waals surface area contributed by atoms with Gasteiger partial charge in [0.1, 0.15) is 27.6 Å². The van der Waals surface area contributed by atoms with Gasteiger partial charge in [0, 0.05) is 31.0 Å². The molecule has 1 aliphatic rings. The van der Waals surface area contributed by atoms with Gasteiger partial charge in [0.25, 0.3) is 5.56 Å². The maximum absolute atomic E-state index is 12.6. The third-order valence-corrected chi connectivity index (χ3v) is 5.97. The number of ether oxygens (including phenoxy) is 1. The number of nitrogens with zero attached hydrogens (tertiary/aromatic N) is 3. The topological polar surface area (TPSA) is 108 Å². The molecule has 0 atom stereocenters. The normalized spacial score (nSPS) is 15.7.